The lowest BCUT2D eigenvalue weighted by Gasteiger charge is -2.21. The lowest BCUT2D eigenvalue weighted by molar-refractivity contribution is 0.365. The Hall–Kier alpha value is -0.600. The molecule has 1 nitrogen and oxygen atoms in total. The summed E-state index contributed by atoms with van der Waals surface area (Å²) in [4.78, 5) is 0. The van der Waals surface area contributed by atoms with E-state index in [0.29, 0.717) is 16.9 Å². The lowest BCUT2D eigenvalue weighted by Crippen LogP contribution is -2.26. The molecule has 2 unspecified atom stereocenters. The molecule has 0 aliphatic carbocycles. The summed E-state index contributed by atoms with van der Waals surface area (Å²) < 4.78 is 13.2. The van der Waals surface area contributed by atoms with Crippen LogP contribution < -0.4 is 5.32 Å². The van der Waals surface area contributed by atoms with Crippen molar-refractivity contribution >= 4 is 11.6 Å². The molecule has 0 amide bonds. The Morgan fingerprint density at radius 2 is 2.00 bits per heavy atom. The van der Waals surface area contributed by atoms with Crippen molar-refractivity contribution in [2.75, 3.05) is 13.1 Å². The predicted molar refractivity (Wildman–Crippen MR) is 76.6 cm³/mol. The first kappa shape index (κ1) is 15.5. The largest absolute Gasteiger partial charge is 0.316 e. The molecule has 0 radical (unpaired) electrons. The molecule has 1 rings (SSSR count). The first-order valence-corrected chi connectivity index (χ1v) is 7.07. The second-order valence-electron chi connectivity index (χ2n) is 5.10. The van der Waals surface area contributed by atoms with E-state index in [4.69, 9.17) is 11.6 Å². The standard InChI is InChI=1S/C15H23ClFN/c1-4-7-18-10-12(3)11(2)8-13-9-14(17)5-6-15(13)16/h5-6,9,11-12,18H,4,7-8,10H2,1-3H3. The highest BCUT2D eigenvalue weighted by atomic mass is 35.5. The molecular weight excluding hydrogens is 249 g/mol. The zero-order valence-electron chi connectivity index (χ0n) is 11.5. The van der Waals surface area contributed by atoms with Gasteiger partial charge in [0.15, 0.2) is 0 Å². The Morgan fingerprint density at radius 3 is 2.67 bits per heavy atom. The summed E-state index contributed by atoms with van der Waals surface area (Å²) in [5.74, 6) is 0.822. The van der Waals surface area contributed by atoms with Crippen LogP contribution in [0.4, 0.5) is 4.39 Å². The summed E-state index contributed by atoms with van der Waals surface area (Å²) in [6.07, 6.45) is 1.97. The molecule has 0 aromatic heterocycles. The molecule has 2 atom stereocenters. The van der Waals surface area contributed by atoms with E-state index < -0.39 is 0 Å². The quantitative estimate of drug-likeness (QED) is 0.730. The summed E-state index contributed by atoms with van der Waals surface area (Å²) in [6.45, 7) is 8.63. The van der Waals surface area contributed by atoms with Crippen LogP contribution in [0.1, 0.15) is 32.8 Å². The minimum absolute atomic E-state index is 0.210. The van der Waals surface area contributed by atoms with Gasteiger partial charge >= 0.3 is 0 Å². The maximum Gasteiger partial charge on any atom is 0.123 e. The van der Waals surface area contributed by atoms with E-state index in [1.54, 1.807) is 12.1 Å². The predicted octanol–water partition coefficient (Wildman–Crippen LogP) is 4.29. The van der Waals surface area contributed by atoms with Crippen molar-refractivity contribution in [2.24, 2.45) is 11.8 Å². The molecule has 0 spiro atoms. The van der Waals surface area contributed by atoms with Crippen LogP contribution in [0, 0.1) is 17.7 Å². The molecule has 0 aliphatic rings. The van der Waals surface area contributed by atoms with Crippen LogP contribution in [0.5, 0.6) is 0 Å². The zero-order chi connectivity index (χ0) is 13.5. The number of hydrogen-bond acceptors (Lipinski definition) is 1. The van der Waals surface area contributed by atoms with Crippen LogP contribution in [0.3, 0.4) is 0 Å². The highest BCUT2D eigenvalue weighted by Crippen LogP contribution is 2.23. The van der Waals surface area contributed by atoms with Gasteiger partial charge in [-0.15, -0.1) is 0 Å². The van der Waals surface area contributed by atoms with Gasteiger partial charge in [0.05, 0.1) is 0 Å². The summed E-state index contributed by atoms with van der Waals surface area (Å²) in [5, 5.41) is 4.08. The Morgan fingerprint density at radius 1 is 1.28 bits per heavy atom. The van der Waals surface area contributed by atoms with Gasteiger partial charge in [0.25, 0.3) is 0 Å². The van der Waals surface area contributed by atoms with E-state index in [9.17, 15) is 4.39 Å². The molecule has 0 bridgehead atoms. The van der Waals surface area contributed by atoms with E-state index in [2.05, 4.69) is 26.1 Å². The highest BCUT2D eigenvalue weighted by Gasteiger charge is 2.14. The van der Waals surface area contributed by atoms with Gasteiger partial charge < -0.3 is 5.32 Å². The summed E-state index contributed by atoms with van der Waals surface area (Å²) >= 11 is 6.09. The van der Waals surface area contributed by atoms with Gasteiger partial charge in [-0.3, -0.25) is 0 Å². The average Bonchev–Trinajstić information content (AvgIpc) is 2.34. The van der Waals surface area contributed by atoms with Crippen LogP contribution >= 0.6 is 11.6 Å². The van der Waals surface area contributed by atoms with Crippen LogP contribution in [0.15, 0.2) is 18.2 Å². The monoisotopic (exact) mass is 271 g/mol. The van der Waals surface area contributed by atoms with Gasteiger partial charge in [0, 0.05) is 5.02 Å². The number of benzene rings is 1. The SMILES string of the molecule is CCCNCC(C)C(C)Cc1cc(F)ccc1Cl. The van der Waals surface area contributed by atoms with Crippen molar-refractivity contribution in [3.05, 3.63) is 34.6 Å². The summed E-state index contributed by atoms with van der Waals surface area (Å²) in [5.41, 5.74) is 0.909. The third kappa shape index (κ3) is 4.95. The van der Waals surface area contributed by atoms with Crippen molar-refractivity contribution in [3.8, 4) is 0 Å². The van der Waals surface area contributed by atoms with E-state index in [0.717, 1.165) is 31.5 Å². The number of halogens is 2. The molecule has 18 heavy (non-hydrogen) atoms. The molecule has 0 heterocycles. The van der Waals surface area contributed by atoms with Crippen LogP contribution in [0.25, 0.3) is 0 Å². The molecule has 0 saturated carbocycles. The molecule has 0 fully saturated rings. The number of nitrogens with one attached hydrogen (secondary N) is 1. The Bertz CT molecular complexity index is 368. The van der Waals surface area contributed by atoms with Crippen molar-refractivity contribution in [1.29, 1.82) is 0 Å². The van der Waals surface area contributed by atoms with E-state index >= 15 is 0 Å². The van der Waals surface area contributed by atoms with Crippen molar-refractivity contribution in [1.82, 2.24) is 5.32 Å². The fraction of sp³-hybridized carbons (Fsp3) is 0.600. The average molecular weight is 272 g/mol. The molecule has 102 valence electrons. The maximum atomic E-state index is 13.2. The first-order valence-electron chi connectivity index (χ1n) is 6.69. The van der Waals surface area contributed by atoms with E-state index in [1.165, 1.54) is 6.07 Å². The lowest BCUT2D eigenvalue weighted by atomic mass is 9.89. The van der Waals surface area contributed by atoms with Crippen LogP contribution in [-0.2, 0) is 6.42 Å². The Kier molecular flexibility index (Phi) is 6.66. The fourth-order valence-corrected chi connectivity index (χ4v) is 2.15. The number of rotatable bonds is 7. The van der Waals surface area contributed by atoms with Gasteiger partial charge in [-0.05, 0) is 61.5 Å². The summed E-state index contributed by atoms with van der Waals surface area (Å²) in [6, 6.07) is 4.59. The third-order valence-electron chi connectivity index (χ3n) is 3.41. The molecule has 1 N–H and O–H groups in total. The molecule has 0 aliphatic heterocycles. The van der Waals surface area contributed by atoms with E-state index in [1.807, 2.05) is 0 Å². The second-order valence-corrected chi connectivity index (χ2v) is 5.51. The fourth-order valence-electron chi connectivity index (χ4n) is 1.96. The minimum Gasteiger partial charge on any atom is -0.316 e. The first-order chi connectivity index (χ1) is 8.54. The third-order valence-corrected chi connectivity index (χ3v) is 3.78. The minimum atomic E-state index is -0.210. The number of hydrogen-bond donors (Lipinski definition) is 1. The van der Waals surface area contributed by atoms with Gasteiger partial charge in [-0.2, -0.15) is 0 Å². The normalized spacial score (nSPS) is 14.5. The Labute approximate surface area is 115 Å². The van der Waals surface area contributed by atoms with Crippen molar-refractivity contribution in [3.63, 3.8) is 0 Å². The molecule has 1 aromatic carbocycles. The Balaban J connectivity index is 2.52. The summed E-state index contributed by atoms with van der Waals surface area (Å²) in [7, 11) is 0. The smallest absolute Gasteiger partial charge is 0.123 e. The molecule has 1 aromatic rings. The maximum absolute atomic E-state index is 13.2. The van der Waals surface area contributed by atoms with Crippen molar-refractivity contribution in [2.45, 2.75) is 33.6 Å². The van der Waals surface area contributed by atoms with Gasteiger partial charge in [-0.25, -0.2) is 4.39 Å². The van der Waals surface area contributed by atoms with Crippen LogP contribution in [0.2, 0.25) is 5.02 Å². The molecule has 0 saturated heterocycles. The molecular formula is C15H23ClFN. The highest BCUT2D eigenvalue weighted by molar-refractivity contribution is 6.31. The van der Waals surface area contributed by atoms with Crippen molar-refractivity contribution < 1.29 is 4.39 Å². The van der Waals surface area contributed by atoms with Gasteiger partial charge in [0.1, 0.15) is 5.82 Å². The van der Waals surface area contributed by atoms with Gasteiger partial charge in [-0.1, -0.05) is 32.4 Å². The van der Waals surface area contributed by atoms with Crippen LogP contribution in [-0.4, -0.2) is 13.1 Å². The second kappa shape index (κ2) is 7.75. The van der Waals surface area contributed by atoms with E-state index in [-0.39, 0.29) is 5.82 Å². The molecule has 3 heteroatoms. The van der Waals surface area contributed by atoms with Gasteiger partial charge in [0.2, 0.25) is 0 Å². The zero-order valence-corrected chi connectivity index (χ0v) is 12.2. The topological polar surface area (TPSA) is 12.0 Å².